The molecule has 1 amide bonds. The second kappa shape index (κ2) is 6.14. The van der Waals surface area contributed by atoms with E-state index in [-0.39, 0.29) is 11.7 Å². The van der Waals surface area contributed by atoms with Gasteiger partial charge in [-0.15, -0.1) is 0 Å². The molecule has 2 aliphatic rings. The zero-order chi connectivity index (χ0) is 15.7. The van der Waals surface area contributed by atoms with Crippen LogP contribution in [0.25, 0.3) is 6.08 Å². The van der Waals surface area contributed by atoms with Crippen LogP contribution in [0.5, 0.6) is 5.75 Å². The van der Waals surface area contributed by atoms with Gasteiger partial charge in [0.2, 0.25) is 0 Å². The molecule has 5 nitrogen and oxygen atoms in total. The number of phenols is 1. The third-order valence-corrected chi connectivity index (χ3v) is 5.04. The summed E-state index contributed by atoms with van der Waals surface area (Å²) in [5.41, 5.74) is 0.641. The van der Waals surface area contributed by atoms with Gasteiger partial charge in [0.25, 0.3) is 5.91 Å². The fraction of sp³-hybridized carbons (Fsp3) is 0.375. The van der Waals surface area contributed by atoms with Crippen LogP contribution < -0.4 is 0 Å². The lowest BCUT2D eigenvalue weighted by atomic mass is 10.2. The molecule has 22 heavy (non-hydrogen) atoms. The van der Waals surface area contributed by atoms with Crippen LogP contribution in [0.4, 0.5) is 0 Å². The van der Waals surface area contributed by atoms with Crippen molar-refractivity contribution < 1.29 is 9.90 Å². The highest BCUT2D eigenvalue weighted by molar-refractivity contribution is 8.18. The van der Waals surface area contributed by atoms with E-state index >= 15 is 0 Å². The summed E-state index contributed by atoms with van der Waals surface area (Å²) in [5.74, 6) is -0.0535. The average molecular weight is 317 g/mol. The maximum Gasteiger partial charge on any atom is 0.286 e. The maximum atomic E-state index is 12.1. The third kappa shape index (κ3) is 3.03. The Labute approximate surface area is 134 Å². The Morgan fingerprint density at radius 2 is 2.18 bits per heavy atom. The smallest absolute Gasteiger partial charge is 0.286 e. The van der Waals surface area contributed by atoms with Crippen LogP contribution in [0.1, 0.15) is 12.0 Å². The van der Waals surface area contributed by atoms with E-state index in [0.717, 1.165) is 24.7 Å². The Balaban J connectivity index is 1.73. The molecule has 2 aliphatic heterocycles. The zero-order valence-electron chi connectivity index (χ0n) is 12.7. The average Bonchev–Trinajstić information content (AvgIpc) is 3.09. The molecule has 0 bridgehead atoms. The number of aliphatic imine (C=N–C) groups is 1. The second-order valence-electron chi connectivity index (χ2n) is 5.72. The number of phenolic OH excluding ortho intramolecular Hbond substituents is 1. The van der Waals surface area contributed by atoms with E-state index in [1.165, 1.54) is 11.8 Å². The predicted octanol–water partition coefficient (Wildman–Crippen LogP) is 2.00. The van der Waals surface area contributed by atoms with Crippen molar-refractivity contribution in [2.24, 2.45) is 4.99 Å². The molecular weight excluding hydrogens is 298 g/mol. The van der Waals surface area contributed by atoms with Gasteiger partial charge in [0, 0.05) is 24.7 Å². The fourth-order valence-electron chi connectivity index (χ4n) is 2.62. The SMILES string of the molecule is CN(C)[C@@H]1CCN(C2=NC(=O)C(=Cc3ccccc3O)S2)C1. The van der Waals surface area contributed by atoms with E-state index in [0.29, 0.717) is 16.5 Å². The molecule has 1 atom stereocenters. The first-order valence-electron chi connectivity index (χ1n) is 7.26. The van der Waals surface area contributed by atoms with Gasteiger partial charge in [-0.25, -0.2) is 0 Å². The second-order valence-corrected chi connectivity index (χ2v) is 6.73. The number of rotatable bonds is 2. The summed E-state index contributed by atoms with van der Waals surface area (Å²) in [6, 6.07) is 7.49. The van der Waals surface area contributed by atoms with E-state index in [9.17, 15) is 9.90 Å². The van der Waals surface area contributed by atoms with Crippen LogP contribution in [-0.4, -0.2) is 59.2 Å². The minimum absolute atomic E-state index is 0.172. The number of carbonyl (C=O) groups excluding carboxylic acids is 1. The van der Waals surface area contributed by atoms with Crippen molar-refractivity contribution in [3.63, 3.8) is 0 Å². The number of carbonyl (C=O) groups is 1. The van der Waals surface area contributed by atoms with Crippen LogP contribution in [0.15, 0.2) is 34.2 Å². The monoisotopic (exact) mass is 317 g/mol. The Morgan fingerprint density at radius 1 is 1.41 bits per heavy atom. The molecule has 0 saturated carbocycles. The van der Waals surface area contributed by atoms with Gasteiger partial charge in [-0.2, -0.15) is 4.99 Å². The Morgan fingerprint density at radius 3 is 2.86 bits per heavy atom. The van der Waals surface area contributed by atoms with E-state index in [1.807, 2.05) is 6.07 Å². The normalized spacial score (nSPS) is 23.7. The first-order valence-corrected chi connectivity index (χ1v) is 8.08. The standard InChI is InChI=1S/C16H19N3O2S/c1-18(2)12-7-8-19(10-12)16-17-15(21)14(22-16)9-11-5-3-4-6-13(11)20/h3-6,9,12,20H,7-8,10H2,1-2H3/t12-/m1/s1. The molecule has 3 rings (SSSR count). The first-order chi connectivity index (χ1) is 10.5. The maximum absolute atomic E-state index is 12.1. The molecule has 0 unspecified atom stereocenters. The Hall–Kier alpha value is -1.79. The van der Waals surface area contributed by atoms with Crippen molar-refractivity contribution in [1.82, 2.24) is 9.80 Å². The van der Waals surface area contributed by atoms with Gasteiger partial charge in [0.05, 0.1) is 4.91 Å². The van der Waals surface area contributed by atoms with Gasteiger partial charge in [-0.1, -0.05) is 18.2 Å². The molecule has 1 aromatic rings. The number of hydrogen-bond acceptors (Lipinski definition) is 5. The Kier molecular flexibility index (Phi) is 4.22. The molecule has 116 valence electrons. The van der Waals surface area contributed by atoms with Crippen molar-refractivity contribution in [3.05, 3.63) is 34.7 Å². The number of amides is 1. The van der Waals surface area contributed by atoms with E-state index < -0.39 is 0 Å². The minimum atomic E-state index is -0.225. The molecule has 2 heterocycles. The third-order valence-electron chi connectivity index (χ3n) is 4.00. The van der Waals surface area contributed by atoms with E-state index in [2.05, 4.69) is 28.9 Å². The number of amidine groups is 1. The molecule has 0 radical (unpaired) electrons. The van der Waals surface area contributed by atoms with Crippen molar-refractivity contribution >= 4 is 28.9 Å². The molecule has 0 spiro atoms. The number of nitrogens with zero attached hydrogens (tertiary/aromatic N) is 3. The Bertz CT molecular complexity index is 655. The van der Waals surface area contributed by atoms with Crippen LogP contribution in [0.3, 0.4) is 0 Å². The molecule has 0 aromatic heterocycles. The van der Waals surface area contributed by atoms with Crippen molar-refractivity contribution in [1.29, 1.82) is 0 Å². The minimum Gasteiger partial charge on any atom is -0.507 e. The predicted molar refractivity (Wildman–Crippen MR) is 89.8 cm³/mol. The highest BCUT2D eigenvalue weighted by Crippen LogP contribution is 2.33. The molecule has 1 aromatic carbocycles. The molecular formula is C16H19N3O2S. The molecule has 1 N–H and O–H groups in total. The van der Waals surface area contributed by atoms with E-state index in [1.54, 1.807) is 24.3 Å². The van der Waals surface area contributed by atoms with Crippen LogP contribution in [0, 0.1) is 0 Å². The lowest BCUT2D eigenvalue weighted by molar-refractivity contribution is -0.113. The van der Waals surface area contributed by atoms with Crippen LogP contribution in [-0.2, 0) is 4.79 Å². The lowest BCUT2D eigenvalue weighted by Crippen LogP contribution is -2.33. The summed E-state index contributed by atoms with van der Waals surface area (Å²) >= 11 is 1.39. The van der Waals surface area contributed by atoms with Crippen molar-refractivity contribution in [3.8, 4) is 5.75 Å². The van der Waals surface area contributed by atoms with Gasteiger partial charge >= 0.3 is 0 Å². The summed E-state index contributed by atoms with van der Waals surface area (Å²) < 4.78 is 0. The molecule has 0 aliphatic carbocycles. The summed E-state index contributed by atoms with van der Waals surface area (Å²) in [5, 5.41) is 10.6. The number of likely N-dealkylation sites (tertiary alicyclic amines) is 1. The molecule has 1 fully saturated rings. The van der Waals surface area contributed by atoms with Gasteiger partial charge in [0.1, 0.15) is 5.75 Å². The van der Waals surface area contributed by atoms with Crippen molar-refractivity contribution in [2.45, 2.75) is 12.5 Å². The lowest BCUT2D eigenvalue weighted by Gasteiger charge is -2.20. The van der Waals surface area contributed by atoms with Gasteiger partial charge in [-0.05, 0) is 44.4 Å². The highest BCUT2D eigenvalue weighted by atomic mass is 32.2. The summed E-state index contributed by atoms with van der Waals surface area (Å²) in [6.45, 7) is 1.82. The van der Waals surface area contributed by atoms with Crippen molar-refractivity contribution in [2.75, 3.05) is 27.2 Å². The van der Waals surface area contributed by atoms with Crippen LogP contribution >= 0.6 is 11.8 Å². The number of para-hydroxylation sites is 1. The summed E-state index contributed by atoms with van der Waals surface area (Å²) in [6.07, 6.45) is 2.79. The van der Waals surface area contributed by atoms with Gasteiger partial charge < -0.3 is 14.9 Å². The summed E-state index contributed by atoms with van der Waals surface area (Å²) in [7, 11) is 4.15. The number of hydrogen-bond donors (Lipinski definition) is 1. The van der Waals surface area contributed by atoms with Crippen LogP contribution in [0.2, 0.25) is 0 Å². The number of likely N-dealkylation sites (N-methyl/N-ethyl adjacent to an activating group) is 1. The molecule has 6 heteroatoms. The number of aromatic hydroxyl groups is 1. The highest BCUT2D eigenvalue weighted by Gasteiger charge is 2.31. The largest absolute Gasteiger partial charge is 0.507 e. The zero-order valence-corrected chi connectivity index (χ0v) is 13.5. The van der Waals surface area contributed by atoms with Gasteiger partial charge in [-0.3, -0.25) is 4.79 Å². The van der Waals surface area contributed by atoms with Gasteiger partial charge in [0.15, 0.2) is 5.17 Å². The van der Waals surface area contributed by atoms with E-state index in [4.69, 9.17) is 0 Å². The first kappa shape index (κ1) is 15.1. The fourth-order valence-corrected chi connectivity index (χ4v) is 3.56. The topological polar surface area (TPSA) is 56.1 Å². The molecule has 1 saturated heterocycles. The summed E-state index contributed by atoms with van der Waals surface area (Å²) in [4.78, 5) is 21.2. The quantitative estimate of drug-likeness (QED) is 0.846. The number of benzene rings is 1. The number of thioether (sulfide) groups is 1.